The first kappa shape index (κ1) is 26.9. The highest BCUT2D eigenvalue weighted by Gasteiger charge is 2.66. The summed E-state index contributed by atoms with van der Waals surface area (Å²) in [5.41, 5.74) is 5.74. The Labute approximate surface area is 237 Å². The molecule has 0 spiro atoms. The second-order valence-corrected chi connectivity index (χ2v) is 10.8. The Morgan fingerprint density at radius 3 is 2.33 bits per heavy atom. The molecule has 1 fully saturated rings. The van der Waals surface area contributed by atoms with Gasteiger partial charge in [0.15, 0.2) is 0 Å². The number of fused-ring (bicyclic) bond motifs is 1. The number of benzene rings is 3. The fourth-order valence-electron chi connectivity index (χ4n) is 6.01. The lowest BCUT2D eigenvalue weighted by Gasteiger charge is -2.43. The van der Waals surface area contributed by atoms with E-state index in [0.717, 1.165) is 16.1 Å². The summed E-state index contributed by atoms with van der Waals surface area (Å²) in [7, 11) is 1.58. The van der Waals surface area contributed by atoms with Crippen LogP contribution >= 0.6 is 23.2 Å². The van der Waals surface area contributed by atoms with Crippen LogP contribution in [0.3, 0.4) is 0 Å². The normalized spacial score (nSPS) is 22.4. The van der Waals surface area contributed by atoms with Gasteiger partial charge >= 0.3 is 0 Å². The third-order valence-electron chi connectivity index (χ3n) is 7.82. The third kappa shape index (κ3) is 4.19. The number of halogens is 2. The van der Waals surface area contributed by atoms with Crippen LogP contribution in [-0.4, -0.2) is 29.0 Å². The van der Waals surface area contributed by atoms with Crippen LogP contribution in [0.25, 0.3) is 0 Å². The molecule has 2 amide bonds. The van der Waals surface area contributed by atoms with Gasteiger partial charge in [0.05, 0.1) is 29.2 Å². The van der Waals surface area contributed by atoms with Gasteiger partial charge in [-0.2, -0.15) is 5.01 Å². The van der Waals surface area contributed by atoms with Crippen LogP contribution in [0.1, 0.15) is 34.6 Å². The van der Waals surface area contributed by atoms with Crippen molar-refractivity contribution in [2.24, 2.45) is 5.92 Å². The maximum atomic E-state index is 14.7. The summed E-state index contributed by atoms with van der Waals surface area (Å²) in [6.45, 7) is 7.69. The molecule has 1 saturated heterocycles. The van der Waals surface area contributed by atoms with E-state index in [1.54, 1.807) is 43.5 Å². The molecule has 0 unspecified atom stereocenters. The lowest BCUT2D eigenvalue weighted by Crippen LogP contribution is -2.48. The summed E-state index contributed by atoms with van der Waals surface area (Å²) in [5, 5.41) is 12.3. The molecule has 1 aliphatic carbocycles. The van der Waals surface area contributed by atoms with Gasteiger partial charge < -0.3 is 9.84 Å². The van der Waals surface area contributed by atoms with Gasteiger partial charge in [-0.15, -0.1) is 0 Å². The first-order valence-electron chi connectivity index (χ1n) is 12.5. The van der Waals surface area contributed by atoms with Crippen molar-refractivity contribution in [3.8, 4) is 11.5 Å². The van der Waals surface area contributed by atoms with E-state index >= 15 is 0 Å². The first-order valence-corrected chi connectivity index (χ1v) is 13.3. The number of phenolic OH excluding ortho intramolecular Hbond substituents is 1. The number of allylic oxidation sites excluding steroid dienone is 3. The minimum absolute atomic E-state index is 0.197. The predicted octanol–water partition coefficient (Wildman–Crippen LogP) is 6.87. The maximum absolute atomic E-state index is 14.7. The van der Waals surface area contributed by atoms with Gasteiger partial charge in [0.1, 0.15) is 11.5 Å². The van der Waals surface area contributed by atoms with E-state index in [1.807, 2.05) is 44.2 Å². The van der Waals surface area contributed by atoms with Crippen molar-refractivity contribution in [3.63, 3.8) is 0 Å². The maximum Gasteiger partial charge on any atom is 0.260 e. The molecule has 6 nitrogen and oxygen atoms in total. The van der Waals surface area contributed by atoms with Gasteiger partial charge in [-0.3, -0.25) is 15.0 Å². The van der Waals surface area contributed by atoms with Gasteiger partial charge in [0.25, 0.3) is 11.8 Å². The zero-order valence-corrected chi connectivity index (χ0v) is 23.3. The molecule has 0 bridgehead atoms. The van der Waals surface area contributed by atoms with Gasteiger partial charge in [-0.1, -0.05) is 66.2 Å². The highest BCUT2D eigenvalue weighted by atomic mass is 35.5. The van der Waals surface area contributed by atoms with Crippen molar-refractivity contribution >= 4 is 40.7 Å². The van der Waals surface area contributed by atoms with E-state index in [2.05, 4.69) is 12.0 Å². The zero-order chi connectivity index (χ0) is 28.1. The summed E-state index contributed by atoms with van der Waals surface area (Å²) in [4.78, 5) is 28.8. The standard InChI is InChI=1S/C31H28Cl2N2O4/c1-5-19-6-12-24-29(37)35(34-26-13-9-22(32)16-25(26)33)30(38)31(24,21-7-10-23(39-4)11-8-21)27(19)20-14-17(2)28(36)18(3)15-20/h5-11,13-16,24,27,34,36H,1,12H2,2-4H3/t24-,27+,31+/m0/s1. The van der Waals surface area contributed by atoms with Crippen molar-refractivity contribution in [2.45, 2.75) is 31.6 Å². The van der Waals surface area contributed by atoms with E-state index < -0.39 is 23.2 Å². The van der Waals surface area contributed by atoms with Crippen LogP contribution in [0.2, 0.25) is 10.0 Å². The number of ether oxygens (including phenoxy) is 1. The number of methoxy groups -OCH3 is 1. The van der Waals surface area contributed by atoms with Crippen molar-refractivity contribution in [2.75, 3.05) is 12.5 Å². The van der Waals surface area contributed by atoms with Crippen molar-refractivity contribution in [1.82, 2.24) is 5.01 Å². The molecule has 200 valence electrons. The minimum Gasteiger partial charge on any atom is -0.507 e. The monoisotopic (exact) mass is 562 g/mol. The minimum atomic E-state index is -1.30. The molecule has 39 heavy (non-hydrogen) atoms. The molecule has 0 radical (unpaired) electrons. The number of imide groups is 1. The number of amides is 2. The second kappa shape index (κ2) is 10.1. The van der Waals surface area contributed by atoms with Crippen LogP contribution in [0.15, 0.2) is 78.9 Å². The molecular formula is C31H28Cl2N2O4. The number of carbonyl (C=O) groups excluding carboxylic acids is 2. The summed E-state index contributed by atoms with van der Waals surface area (Å²) in [5.74, 6) is -1.20. The lowest BCUT2D eigenvalue weighted by atomic mass is 9.56. The Balaban J connectivity index is 1.76. The Morgan fingerprint density at radius 1 is 1.08 bits per heavy atom. The summed E-state index contributed by atoms with van der Waals surface area (Å²) >= 11 is 12.5. The predicted molar refractivity (Wildman–Crippen MR) is 153 cm³/mol. The van der Waals surface area contributed by atoms with Crippen LogP contribution in [0.5, 0.6) is 11.5 Å². The molecule has 0 aromatic heterocycles. The highest BCUT2D eigenvalue weighted by Crippen LogP contribution is 2.58. The van der Waals surface area contributed by atoms with Crippen LogP contribution in [0.4, 0.5) is 5.69 Å². The molecule has 0 saturated carbocycles. The van der Waals surface area contributed by atoms with E-state index in [9.17, 15) is 14.7 Å². The van der Waals surface area contributed by atoms with Crippen LogP contribution in [0, 0.1) is 19.8 Å². The Kier molecular flexibility index (Phi) is 6.95. The number of hydrogen-bond acceptors (Lipinski definition) is 5. The average Bonchev–Trinajstić information content (AvgIpc) is 3.14. The SMILES string of the molecule is C=CC1=CC[C@H]2C(=O)N(Nc3ccc(Cl)cc3Cl)C(=O)[C@@]2(c2ccc(OC)cc2)[C@H]1c1cc(C)c(O)c(C)c1. The zero-order valence-electron chi connectivity index (χ0n) is 21.8. The molecule has 5 rings (SSSR count). The van der Waals surface area contributed by atoms with Crippen LogP contribution in [-0.2, 0) is 15.0 Å². The third-order valence-corrected chi connectivity index (χ3v) is 8.36. The van der Waals surface area contributed by atoms with Crippen molar-refractivity contribution < 1.29 is 19.4 Å². The topological polar surface area (TPSA) is 78.9 Å². The summed E-state index contributed by atoms with van der Waals surface area (Å²) in [6.07, 6.45) is 4.07. The number of phenols is 1. The van der Waals surface area contributed by atoms with Crippen molar-refractivity contribution in [3.05, 3.63) is 111 Å². The number of nitrogens with zero attached hydrogens (tertiary/aromatic N) is 1. The van der Waals surface area contributed by atoms with Gasteiger partial charge in [-0.05, 0) is 78.4 Å². The molecule has 1 heterocycles. The van der Waals surface area contributed by atoms with Gasteiger partial charge in [0, 0.05) is 10.9 Å². The van der Waals surface area contributed by atoms with E-state index in [-0.39, 0.29) is 16.7 Å². The smallest absolute Gasteiger partial charge is 0.260 e. The number of anilines is 1. The molecule has 1 aliphatic heterocycles. The quantitative estimate of drug-likeness (QED) is 0.320. The number of aryl methyl sites for hydroxylation is 2. The molecule has 3 aromatic carbocycles. The lowest BCUT2D eigenvalue weighted by molar-refractivity contribution is -0.138. The molecule has 2 aliphatic rings. The Morgan fingerprint density at radius 2 is 1.74 bits per heavy atom. The van der Waals surface area contributed by atoms with E-state index in [1.165, 1.54) is 0 Å². The van der Waals surface area contributed by atoms with Crippen molar-refractivity contribution in [1.29, 1.82) is 0 Å². The Bertz CT molecular complexity index is 1510. The highest BCUT2D eigenvalue weighted by molar-refractivity contribution is 6.36. The second-order valence-electron chi connectivity index (χ2n) is 9.95. The first-order chi connectivity index (χ1) is 18.6. The fourth-order valence-corrected chi connectivity index (χ4v) is 6.46. The molecular weight excluding hydrogens is 535 g/mol. The number of hydrogen-bond donors (Lipinski definition) is 2. The number of nitrogens with one attached hydrogen (secondary N) is 1. The van der Waals surface area contributed by atoms with E-state index in [0.29, 0.717) is 39.6 Å². The number of carbonyl (C=O) groups is 2. The van der Waals surface area contributed by atoms with E-state index in [4.69, 9.17) is 27.9 Å². The molecule has 2 N–H and O–H groups in total. The Hall–Kier alpha value is -3.74. The molecule has 3 aromatic rings. The summed E-state index contributed by atoms with van der Waals surface area (Å²) in [6, 6.07) is 15.8. The fraction of sp³-hybridized carbons (Fsp3) is 0.226. The largest absolute Gasteiger partial charge is 0.507 e. The summed E-state index contributed by atoms with van der Waals surface area (Å²) < 4.78 is 5.38. The van der Waals surface area contributed by atoms with Gasteiger partial charge in [0.2, 0.25) is 0 Å². The molecule has 8 heteroatoms. The van der Waals surface area contributed by atoms with Crippen LogP contribution < -0.4 is 10.2 Å². The average molecular weight is 563 g/mol. The van der Waals surface area contributed by atoms with Gasteiger partial charge in [-0.25, -0.2) is 0 Å². The number of hydrazine groups is 1. The number of rotatable bonds is 6. The number of aromatic hydroxyl groups is 1. The molecule has 3 atom stereocenters.